The monoisotopic (exact) mass is 279 g/mol. The Hall–Kier alpha value is -1.06. The minimum Gasteiger partial charge on any atom is -0.330 e. The molecule has 0 atom stereocenters. The van der Waals surface area contributed by atoms with Crippen LogP contribution >= 0.6 is 11.6 Å². The normalized spacial score (nSPS) is 11.3. The van der Waals surface area contributed by atoms with Gasteiger partial charge in [-0.2, -0.15) is 0 Å². The van der Waals surface area contributed by atoms with E-state index in [1.165, 1.54) is 12.2 Å². The molecule has 0 fully saturated rings. The third-order valence-electron chi connectivity index (χ3n) is 3.34. The van der Waals surface area contributed by atoms with E-state index in [0.29, 0.717) is 0 Å². The number of aryl methyl sites for hydroxylation is 2. The molecule has 0 aliphatic rings. The number of aromatic nitrogens is 2. The lowest BCUT2D eigenvalue weighted by molar-refractivity contribution is 0.614. The number of nitrogens with two attached hydrogens (primary N) is 1. The third kappa shape index (κ3) is 3.48. The molecule has 3 nitrogen and oxygen atoms in total. The maximum absolute atomic E-state index is 6.09. The largest absolute Gasteiger partial charge is 0.330 e. The van der Waals surface area contributed by atoms with Gasteiger partial charge >= 0.3 is 0 Å². The number of halogens is 1. The zero-order chi connectivity index (χ0) is 13.7. The van der Waals surface area contributed by atoms with E-state index in [0.717, 1.165) is 54.8 Å². The summed E-state index contributed by atoms with van der Waals surface area (Å²) < 4.78 is 2.31. The predicted octanol–water partition coefficient (Wildman–Crippen LogP) is 3.77. The second-order valence-electron chi connectivity index (χ2n) is 4.91. The number of benzene rings is 1. The Labute approximate surface area is 119 Å². The van der Waals surface area contributed by atoms with E-state index in [-0.39, 0.29) is 0 Å². The number of rotatable bonds is 7. The van der Waals surface area contributed by atoms with E-state index < -0.39 is 0 Å². The Morgan fingerprint density at radius 2 is 2.11 bits per heavy atom. The zero-order valence-electron chi connectivity index (χ0n) is 11.5. The Morgan fingerprint density at radius 1 is 1.26 bits per heavy atom. The minimum absolute atomic E-state index is 0.777. The second kappa shape index (κ2) is 6.92. The number of imidazole rings is 1. The van der Waals surface area contributed by atoms with Crippen molar-refractivity contribution in [3.63, 3.8) is 0 Å². The van der Waals surface area contributed by atoms with Gasteiger partial charge < -0.3 is 10.3 Å². The molecule has 2 aromatic rings. The maximum atomic E-state index is 6.09. The van der Waals surface area contributed by atoms with Crippen LogP contribution in [-0.2, 0) is 13.0 Å². The van der Waals surface area contributed by atoms with Gasteiger partial charge in [0, 0.05) is 18.0 Å². The smallest absolute Gasteiger partial charge is 0.109 e. The first-order valence-electron chi connectivity index (χ1n) is 7.11. The predicted molar refractivity (Wildman–Crippen MR) is 81.6 cm³/mol. The van der Waals surface area contributed by atoms with E-state index in [4.69, 9.17) is 22.3 Å². The van der Waals surface area contributed by atoms with Crippen molar-refractivity contribution >= 4 is 22.6 Å². The molecule has 0 unspecified atom stereocenters. The molecule has 1 aromatic heterocycles. The van der Waals surface area contributed by atoms with Crippen molar-refractivity contribution < 1.29 is 0 Å². The van der Waals surface area contributed by atoms with Gasteiger partial charge in [-0.25, -0.2) is 4.98 Å². The van der Waals surface area contributed by atoms with Gasteiger partial charge in [0.05, 0.1) is 11.0 Å². The molecule has 0 saturated carbocycles. The summed E-state index contributed by atoms with van der Waals surface area (Å²) in [4.78, 5) is 4.74. The van der Waals surface area contributed by atoms with Gasteiger partial charge in [0.1, 0.15) is 5.82 Å². The van der Waals surface area contributed by atoms with Gasteiger partial charge in [0.2, 0.25) is 0 Å². The van der Waals surface area contributed by atoms with Crippen LogP contribution in [0.2, 0.25) is 5.02 Å². The van der Waals surface area contributed by atoms with Crippen molar-refractivity contribution in [1.29, 1.82) is 0 Å². The zero-order valence-corrected chi connectivity index (χ0v) is 12.3. The van der Waals surface area contributed by atoms with Crippen LogP contribution in [0.4, 0.5) is 0 Å². The molecule has 19 heavy (non-hydrogen) atoms. The van der Waals surface area contributed by atoms with Crippen LogP contribution in [0.25, 0.3) is 11.0 Å². The van der Waals surface area contributed by atoms with Crippen LogP contribution in [0.1, 0.15) is 38.4 Å². The number of hydrogen-bond donors (Lipinski definition) is 1. The lowest BCUT2D eigenvalue weighted by atomic mass is 10.2. The number of unbranched alkanes of at least 4 members (excludes halogenated alkanes) is 2. The van der Waals surface area contributed by atoms with Crippen molar-refractivity contribution in [2.24, 2.45) is 5.73 Å². The van der Waals surface area contributed by atoms with Gasteiger partial charge in [-0.15, -0.1) is 0 Å². The molecule has 0 radical (unpaired) electrons. The molecular weight excluding hydrogens is 258 g/mol. The molecule has 0 saturated heterocycles. The first-order chi connectivity index (χ1) is 9.26. The maximum Gasteiger partial charge on any atom is 0.109 e. The van der Waals surface area contributed by atoms with Gasteiger partial charge in [0.25, 0.3) is 0 Å². The average Bonchev–Trinajstić information content (AvgIpc) is 2.73. The summed E-state index contributed by atoms with van der Waals surface area (Å²) in [6, 6.07) is 5.93. The summed E-state index contributed by atoms with van der Waals surface area (Å²) in [5.74, 6) is 1.18. The highest BCUT2D eigenvalue weighted by molar-refractivity contribution is 6.31. The summed E-state index contributed by atoms with van der Waals surface area (Å²) in [6.07, 6.45) is 5.55. The summed E-state index contributed by atoms with van der Waals surface area (Å²) >= 11 is 6.09. The summed E-state index contributed by atoms with van der Waals surface area (Å²) in [5, 5.41) is 0.777. The molecule has 0 bridgehead atoms. The van der Waals surface area contributed by atoms with Crippen molar-refractivity contribution in [2.75, 3.05) is 6.54 Å². The highest BCUT2D eigenvalue weighted by Crippen LogP contribution is 2.22. The van der Waals surface area contributed by atoms with Gasteiger partial charge in [0.15, 0.2) is 0 Å². The summed E-state index contributed by atoms with van der Waals surface area (Å²) in [7, 11) is 0. The quantitative estimate of drug-likeness (QED) is 0.784. The molecule has 4 heteroatoms. The molecule has 2 rings (SSSR count). The molecular formula is C15H22ClN3. The van der Waals surface area contributed by atoms with E-state index in [2.05, 4.69) is 11.5 Å². The molecule has 0 amide bonds. The number of nitrogens with zero attached hydrogens (tertiary/aromatic N) is 2. The van der Waals surface area contributed by atoms with Gasteiger partial charge in [-0.1, -0.05) is 24.9 Å². The highest BCUT2D eigenvalue weighted by atomic mass is 35.5. The van der Waals surface area contributed by atoms with Crippen molar-refractivity contribution in [1.82, 2.24) is 9.55 Å². The van der Waals surface area contributed by atoms with Gasteiger partial charge in [-0.05, 0) is 44.0 Å². The van der Waals surface area contributed by atoms with Crippen molar-refractivity contribution in [2.45, 2.75) is 45.6 Å². The first kappa shape index (κ1) is 14.4. The second-order valence-corrected chi connectivity index (χ2v) is 5.35. The fraction of sp³-hybridized carbons (Fsp3) is 0.533. The van der Waals surface area contributed by atoms with Gasteiger partial charge in [-0.3, -0.25) is 0 Å². The Balaban J connectivity index is 2.23. The molecule has 104 valence electrons. The average molecular weight is 280 g/mol. The molecule has 1 aromatic carbocycles. The lowest BCUT2D eigenvalue weighted by Crippen LogP contribution is -2.04. The van der Waals surface area contributed by atoms with E-state index in [9.17, 15) is 0 Å². The lowest BCUT2D eigenvalue weighted by Gasteiger charge is -2.07. The van der Waals surface area contributed by atoms with Crippen LogP contribution in [-0.4, -0.2) is 16.1 Å². The van der Waals surface area contributed by atoms with E-state index >= 15 is 0 Å². The fourth-order valence-electron chi connectivity index (χ4n) is 2.41. The fourth-order valence-corrected chi connectivity index (χ4v) is 2.58. The Kier molecular flexibility index (Phi) is 5.23. The van der Waals surface area contributed by atoms with E-state index in [1.54, 1.807) is 0 Å². The Morgan fingerprint density at radius 3 is 2.84 bits per heavy atom. The topological polar surface area (TPSA) is 43.8 Å². The van der Waals surface area contributed by atoms with Crippen molar-refractivity contribution in [3.05, 3.63) is 29.0 Å². The number of fused-ring (bicyclic) bond motifs is 1. The van der Waals surface area contributed by atoms with Crippen molar-refractivity contribution in [3.8, 4) is 0 Å². The molecule has 0 spiro atoms. The van der Waals surface area contributed by atoms with Crippen LogP contribution in [0.5, 0.6) is 0 Å². The van der Waals surface area contributed by atoms with Crippen LogP contribution < -0.4 is 5.73 Å². The van der Waals surface area contributed by atoms with Crippen LogP contribution in [0.15, 0.2) is 18.2 Å². The SMILES string of the molecule is CCCn1c(CCCCCN)nc2ccc(Cl)cc21. The minimum atomic E-state index is 0.777. The molecule has 1 heterocycles. The van der Waals surface area contributed by atoms with Crippen LogP contribution in [0, 0.1) is 0 Å². The number of hydrogen-bond acceptors (Lipinski definition) is 2. The first-order valence-corrected chi connectivity index (χ1v) is 7.48. The summed E-state index contributed by atoms with van der Waals surface area (Å²) in [6.45, 7) is 3.97. The molecule has 0 aliphatic heterocycles. The Bertz CT molecular complexity index is 533. The highest BCUT2D eigenvalue weighted by Gasteiger charge is 2.10. The third-order valence-corrected chi connectivity index (χ3v) is 3.58. The standard InChI is InChI=1S/C15H22ClN3/c1-2-10-19-14-11-12(16)7-8-13(14)18-15(19)6-4-3-5-9-17/h7-8,11H,2-6,9-10,17H2,1H3. The summed E-state index contributed by atoms with van der Waals surface area (Å²) in [5.41, 5.74) is 7.73. The molecule has 0 aliphatic carbocycles. The van der Waals surface area contributed by atoms with E-state index in [1.807, 2.05) is 18.2 Å². The molecule has 2 N–H and O–H groups in total. The van der Waals surface area contributed by atoms with Crippen LogP contribution in [0.3, 0.4) is 0 Å².